The molecular formula is C34H46BrLiN4Si. The van der Waals surface area contributed by atoms with Gasteiger partial charge >= 0.3 is 18.9 Å². The second-order valence-electron chi connectivity index (χ2n) is 11.0. The molecule has 0 bridgehead atoms. The molecule has 41 heavy (non-hydrogen) atoms. The zero-order valence-electron chi connectivity index (χ0n) is 26.9. The van der Waals surface area contributed by atoms with Crippen LogP contribution in [0.5, 0.6) is 0 Å². The fourth-order valence-electron chi connectivity index (χ4n) is 3.93. The van der Waals surface area contributed by atoms with E-state index in [2.05, 4.69) is 150 Å². The maximum Gasteiger partial charge on any atom is 1.00 e. The van der Waals surface area contributed by atoms with Crippen molar-refractivity contribution in [3.05, 3.63) is 108 Å². The van der Waals surface area contributed by atoms with E-state index in [1.54, 1.807) is 0 Å². The molecule has 4 aromatic rings. The molecule has 4 aromatic carbocycles. The van der Waals surface area contributed by atoms with Gasteiger partial charge in [-0.3, -0.25) is 0 Å². The maximum atomic E-state index is 3.40. The Bertz CT molecular complexity index is 1260. The Hall–Kier alpha value is -2.63. The summed E-state index contributed by atoms with van der Waals surface area (Å²) in [7, 11) is 14.8. The predicted molar refractivity (Wildman–Crippen MR) is 186 cm³/mol. The zero-order chi connectivity index (χ0) is 29.9. The van der Waals surface area contributed by atoms with Crippen LogP contribution >= 0.6 is 15.9 Å². The number of benzene rings is 4. The average molecular weight is 626 g/mol. The third-order valence-corrected chi connectivity index (χ3v) is 10.7. The molecule has 0 spiro atoms. The summed E-state index contributed by atoms with van der Waals surface area (Å²) >= 11 is 3.40. The van der Waals surface area contributed by atoms with E-state index in [1.807, 2.05) is 58.5 Å². The van der Waals surface area contributed by atoms with Crippen LogP contribution < -0.4 is 48.8 Å². The number of anilines is 4. The molecular weight excluding hydrogens is 579 g/mol. The van der Waals surface area contributed by atoms with Gasteiger partial charge in [-0.15, -0.1) is 6.07 Å². The van der Waals surface area contributed by atoms with Gasteiger partial charge in [-0.1, -0.05) is 75.4 Å². The molecule has 4 nitrogen and oxygen atoms in total. The molecule has 0 radical (unpaired) electrons. The maximum absolute atomic E-state index is 3.40. The molecule has 0 aliphatic carbocycles. The smallest absolute Gasteiger partial charge is 0.429 e. The van der Waals surface area contributed by atoms with Crippen LogP contribution in [0.3, 0.4) is 0 Å². The predicted octanol–water partition coefficient (Wildman–Crippen LogP) is 3.71. The second kappa shape index (κ2) is 17.4. The summed E-state index contributed by atoms with van der Waals surface area (Å²) in [5.41, 5.74) is 4.96. The number of halogens is 1. The Morgan fingerprint density at radius 1 is 0.537 bits per heavy atom. The summed E-state index contributed by atoms with van der Waals surface area (Å²) in [5, 5.41) is 2.95. The van der Waals surface area contributed by atoms with Gasteiger partial charge in [0.25, 0.3) is 0 Å². The van der Waals surface area contributed by atoms with E-state index in [0.717, 1.165) is 4.47 Å². The van der Waals surface area contributed by atoms with Gasteiger partial charge in [-0.2, -0.15) is 24.3 Å². The summed E-state index contributed by atoms with van der Waals surface area (Å²) in [6.45, 7) is 4.85. The van der Waals surface area contributed by atoms with Gasteiger partial charge in [-0.25, -0.2) is 0 Å². The van der Waals surface area contributed by atoms with Crippen LogP contribution in [0.25, 0.3) is 0 Å². The van der Waals surface area contributed by atoms with E-state index >= 15 is 0 Å². The van der Waals surface area contributed by atoms with Gasteiger partial charge < -0.3 is 19.6 Å². The molecule has 7 heteroatoms. The van der Waals surface area contributed by atoms with Crippen molar-refractivity contribution in [3.8, 4) is 0 Å². The third-order valence-electron chi connectivity index (χ3n) is 6.70. The van der Waals surface area contributed by atoms with Crippen LogP contribution in [-0.2, 0) is 0 Å². The largest absolute Gasteiger partial charge is 1.00 e. The molecule has 0 aliphatic rings. The van der Waals surface area contributed by atoms with E-state index in [1.165, 1.54) is 33.1 Å². The van der Waals surface area contributed by atoms with Gasteiger partial charge in [0, 0.05) is 63.8 Å². The summed E-state index contributed by atoms with van der Waals surface area (Å²) in [4.78, 5) is 8.47. The normalized spacial score (nSPS) is 10.1. The van der Waals surface area contributed by atoms with Crippen molar-refractivity contribution >= 4 is 57.1 Å². The Labute approximate surface area is 271 Å². The minimum Gasteiger partial charge on any atom is -0.429 e. The van der Waals surface area contributed by atoms with Gasteiger partial charge in [0.1, 0.15) is 8.07 Å². The van der Waals surface area contributed by atoms with E-state index < -0.39 is 8.07 Å². The molecule has 0 atom stereocenters. The van der Waals surface area contributed by atoms with Crippen molar-refractivity contribution in [1.82, 2.24) is 0 Å². The first-order valence-corrected chi connectivity index (χ1v) is 17.2. The monoisotopic (exact) mass is 624 g/mol. The standard InChI is InChI=1S/C18H26N2Si.C8H10BrN.C8H10N.Li/c1-19(2)15-9-7-11-17(13-15)21(5,6)18-12-8-10-16(14-18)20(3)4;1-10(2)8-5-3-4-7(9)6-8;1-9(2)8-6-4-3-5-7-8;/h7-14H,1-6H3;3-6H,1-2H3;3-4,6-7H,1-2H3;/q;;-1;+1. The fraction of sp³-hybridized carbons (Fsp3) is 0.294. The van der Waals surface area contributed by atoms with Crippen LogP contribution in [0.1, 0.15) is 0 Å². The van der Waals surface area contributed by atoms with Crippen LogP contribution in [0, 0.1) is 6.07 Å². The van der Waals surface area contributed by atoms with Crippen molar-refractivity contribution in [2.75, 3.05) is 76.0 Å². The number of hydrogen-bond donors (Lipinski definition) is 0. The van der Waals surface area contributed by atoms with E-state index in [9.17, 15) is 0 Å². The minimum atomic E-state index is -1.66. The second-order valence-corrected chi connectivity index (χ2v) is 16.4. The molecule has 0 saturated carbocycles. The first kappa shape index (κ1) is 36.4. The summed E-state index contributed by atoms with van der Waals surface area (Å²) in [6, 6.07) is 37.0. The van der Waals surface area contributed by atoms with Crippen LogP contribution in [0.15, 0.2) is 102 Å². The first-order valence-electron chi connectivity index (χ1n) is 13.4. The van der Waals surface area contributed by atoms with Gasteiger partial charge in [0.05, 0.1) is 0 Å². The Balaban J connectivity index is 0.000000349. The quantitative estimate of drug-likeness (QED) is 0.240. The van der Waals surface area contributed by atoms with E-state index in [-0.39, 0.29) is 18.9 Å². The summed E-state index contributed by atoms with van der Waals surface area (Å²) in [5.74, 6) is 0. The van der Waals surface area contributed by atoms with Gasteiger partial charge in [0.15, 0.2) is 0 Å². The van der Waals surface area contributed by atoms with Crippen LogP contribution in [-0.4, -0.2) is 64.5 Å². The Morgan fingerprint density at radius 3 is 1.24 bits per heavy atom. The molecule has 4 rings (SSSR count). The molecule has 0 aliphatic heterocycles. The molecule has 0 fully saturated rings. The molecule has 0 aromatic heterocycles. The Morgan fingerprint density at radius 2 is 0.927 bits per heavy atom. The fourth-order valence-corrected chi connectivity index (χ4v) is 6.69. The zero-order valence-corrected chi connectivity index (χ0v) is 29.5. The average Bonchev–Trinajstić information content (AvgIpc) is 2.94. The van der Waals surface area contributed by atoms with E-state index in [0.29, 0.717) is 0 Å². The van der Waals surface area contributed by atoms with Crippen molar-refractivity contribution in [2.45, 2.75) is 13.1 Å². The number of nitrogens with zero attached hydrogens (tertiary/aromatic N) is 4. The number of rotatable bonds is 6. The van der Waals surface area contributed by atoms with Crippen molar-refractivity contribution in [2.24, 2.45) is 0 Å². The van der Waals surface area contributed by atoms with Gasteiger partial charge in [0.2, 0.25) is 0 Å². The van der Waals surface area contributed by atoms with Gasteiger partial charge in [-0.05, 0) is 56.6 Å². The minimum absolute atomic E-state index is 0. The third kappa shape index (κ3) is 11.6. The van der Waals surface area contributed by atoms with E-state index in [4.69, 9.17) is 0 Å². The molecule has 0 N–H and O–H groups in total. The summed E-state index contributed by atoms with van der Waals surface area (Å²) in [6.07, 6.45) is 0. The molecule has 214 valence electrons. The van der Waals surface area contributed by atoms with Crippen LogP contribution in [0.4, 0.5) is 22.7 Å². The molecule has 0 saturated heterocycles. The van der Waals surface area contributed by atoms with Crippen molar-refractivity contribution in [3.63, 3.8) is 0 Å². The first-order chi connectivity index (χ1) is 18.8. The molecule has 0 heterocycles. The van der Waals surface area contributed by atoms with Crippen LogP contribution in [0.2, 0.25) is 13.1 Å². The molecule has 0 unspecified atom stereocenters. The topological polar surface area (TPSA) is 13.0 Å². The Kier molecular flexibility index (Phi) is 15.4. The SMILES string of the molecule is CN(C)c1c[c-]ccc1.CN(C)c1cccc(Br)c1.CN(C)c1cccc([Si](C)(C)c2cccc(N(C)C)c2)c1.[Li+]. The van der Waals surface area contributed by atoms with Crippen molar-refractivity contribution in [1.29, 1.82) is 0 Å². The number of hydrogen-bond acceptors (Lipinski definition) is 4. The summed E-state index contributed by atoms with van der Waals surface area (Å²) < 4.78 is 1.12. The van der Waals surface area contributed by atoms with Crippen molar-refractivity contribution < 1.29 is 18.9 Å². The molecule has 0 amide bonds.